The summed E-state index contributed by atoms with van der Waals surface area (Å²) in [5.41, 5.74) is 1.10. The number of carbonyl (C=O) groups excluding carboxylic acids is 1. The van der Waals surface area contributed by atoms with Gasteiger partial charge in [-0.2, -0.15) is 0 Å². The molecule has 2 aromatic carbocycles. The van der Waals surface area contributed by atoms with E-state index < -0.39 is 10.0 Å². The highest BCUT2D eigenvalue weighted by molar-refractivity contribution is 7.99. The molecule has 1 aliphatic heterocycles. The fraction of sp³-hybridized carbons (Fsp3) is 0.105. The lowest BCUT2D eigenvalue weighted by Crippen LogP contribution is -2.24. The molecule has 0 fully saturated rings. The third-order valence-electron chi connectivity index (χ3n) is 4.17. The summed E-state index contributed by atoms with van der Waals surface area (Å²) in [7, 11) is -1.69. The predicted octanol–water partition coefficient (Wildman–Crippen LogP) is 2.25. The largest absolute Gasteiger partial charge is 0.329 e. The van der Waals surface area contributed by atoms with Crippen LogP contribution in [-0.4, -0.2) is 36.3 Å². The van der Waals surface area contributed by atoms with E-state index in [0.717, 1.165) is 10.1 Å². The highest BCUT2D eigenvalue weighted by Crippen LogP contribution is 2.27. The molecule has 148 valence electrons. The molecular formula is C19H17N5O3S2. The molecule has 29 heavy (non-hydrogen) atoms. The van der Waals surface area contributed by atoms with E-state index in [1.165, 1.54) is 17.8 Å². The Bertz CT molecular complexity index is 1200. The van der Waals surface area contributed by atoms with Crippen LogP contribution < -0.4 is 10.0 Å². The molecule has 0 saturated carbocycles. The average molecular weight is 428 g/mol. The number of aliphatic imine (C=N–C) groups is 1. The highest BCUT2D eigenvalue weighted by Gasteiger charge is 2.30. The number of aromatic nitrogens is 2. The van der Waals surface area contributed by atoms with E-state index in [0.29, 0.717) is 11.3 Å². The molecule has 4 rings (SSSR count). The normalized spacial score (nSPS) is 15.7. The van der Waals surface area contributed by atoms with Gasteiger partial charge >= 0.3 is 0 Å². The van der Waals surface area contributed by atoms with Gasteiger partial charge in [0.1, 0.15) is 12.4 Å². The molecule has 0 atom stereocenters. The van der Waals surface area contributed by atoms with Crippen LogP contribution in [0.1, 0.15) is 5.56 Å². The molecule has 1 aliphatic rings. The first-order chi connectivity index (χ1) is 13.9. The number of imidazole rings is 1. The van der Waals surface area contributed by atoms with Crippen LogP contribution in [0.15, 0.2) is 80.9 Å². The van der Waals surface area contributed by atoms with Crippen LogP contribution in [-0.2, 0) is 21.9 Å². The SMILES string of the molecule is Cn1ccnc1Sc1ccc(NC(=O)CN=C2NS(=O)(=O)c3ccccc32)cc1. The smallest absolute Gasteiger partial charge is 0.263 e. The molecule has 0 aliphatic carbocycles. The molecule has 1 amide bonds. The van der Waals surface area contributed by atoms with E-state index >= 15 is 0 Å². The first-order valence-corrected chi connectivity index (χ1v) is 10.9. The van der Waals surface area contributed by atoms with Gasteiger partial charge in [-0.25, -0.2) is 13.4 Å². The molecule has 0 bridgehead atoms. The van der Waals surface area contributed by atoms with Gasteiger partial charge in [-0.1, -0.05) is 23.9 Å². The van der Waals surface area contributed by atoms with Gasteiger partial charge in [0.25, 0.3) is 10.0 Å². The fourth-order valence-electron chi connectivity index (χ4n) is 2.76. The monoisotopic (exact) mass is 427 g/mol. The maximum Gasteiger partial charge on any atom is 0.263 e. The van der Waals surface area contributed by atoms with Gasteiger partial charge in [-0.3, -0.25) is 14.5 Å². The maximum absolute atomic E-state index is 12.2. The maximum atomic E-state index is 12.2. The fourth-order valence-corrected chi connectivity index (χ4v) is 4.82. The van der Waals surface area contributed by atoms with E-state index in [2.05, 4.69) is 20.0 Å². The van der Waals surface area contributed by atoms with Crippen LogP contribution in [0.3, 0.4) is 0 Å². The first-order valence-electron chi connectivity index (χ1n) is 8.64. The summed E-state index contributed by atoms with van der Waals surface area (Å²) in [5.74, 6) is -0.164. The summed E-state index contributed by atoms with van der Waals surface area (Å²) < 4.78 is 28.4. The highest BCUT2D eigenvalue weighted by atomic mass is 32.2. The van der Waals surface area contributed by atoms with Crippen LogP contribution in [0.2, 0.25) is 0 Å². The summed E-state index contributed by atoms with van der Waals surface area (Å²) in [6.45, 7) is -0.198. The molecule has 2 heterocycles. The number of aryl methyl sites for hydroxylation is 1. The number of anilines is 1. The van der Waals surface area contributed by atoms with Gasteiger partial charge in [-0.15, -0.1) is 0 Å². The third-order valence-corrected chi connectivity index (χ3v) is 6.65. The van der Waals surface area contributed by atoms with E-state index in [9.17, 15) is 13.2 Å². The minimum absolute atomic E-state index is 0.167. The minimum Gasteiger partial charge on any atom is -0.329 e. The number of nitrogens with one attached hydrogen (secondary N) is 2. The molecule has 0 saturated heterocycles. The molecule has 3 aromatic rings. The summed E-state index contributed by atoms with van der Waals surface area (Å²) in [5, 5.41) is 3.63. The quantitative estimate of drug-likeness (QED) is 0.650. The summed E-state index contributed by atoms with van der Waals surface area (Å²) in [6.07, 6.45) is 3.61. The Morgan fingerprint density at radius 3 is 2.69 bits per heavy atom. The number of carbonyl (C=O) groups is 1. The third kappa shape index (κ3) is 4.17. The van der Waals surface area contributed by atoms with E-state index in [1.54, 1.807) is 36.5 Å². The summed E-state index contributed by atoms with van der Waals surface area (Å²) >= 11 is 1.52. The lowest BCUT2D eigenvalue weighted by atomic mass is 10.2. The Morgan fingerprint density at radius 1 is 1.21 bits per heavy atom. The van der Waals surface area contributed by atoms with Gasteiger partial charge in [0.15, 0.2) is 5.16 Å². The molecule has 0 unspecified atom stereocenters. The van der Waals surface area contributed by atoms with Crippen molar-refractivity contribution in [2.75, 3.05) is 11.9 Å². The number of hydrogen-bond acceptors (Lipinski definition) is 6. The first kappa shape index (κ1) is 19.2. The van der Waals surface area contributed by atoms with Crippen molar-refractivity contribution >= 4 is 39.2 Å². The molecular weight excluding hydrogens is 410 g/mol. The lowest BCUT2D eigenvalue weighted by molar-refractivity contribution is -0.114. The zero-order valence-corrected chi connectivity index (χ0v) is 17.0. The zero-order chi connectivity index (χ0) is 20.4. The minimum atomic E-state index is -3.61. The number of fused-ring (bicyclic) bond motifs is 1. The summed E-state index contributed by atoms with van der Waals surface area (Å²) in [4.78, 5) is 21.8. The molecule has 10 heteroatoms. The van der Waals surface area contributed by atoms with Crippen LogP contribution in [0.25, 0.3) is 0 Å². The van der Waals surface area contributed by atoms with E-state index in [1.807, 2.05) is 29.9 Å². The van der Waals surface area contributed by atoms with Crippen molar-refractivity contribution in [3.05, 3.63) is 66.5 Å². The topological polar surface area (TPSA) is 105 Å². The Kier molecular flexibility index (Phi) is 5.12. The lowest BCUT2D eigenvalue weighted by Gasteiger charge is -2.06. The molecule has 1 aromatic heterocycles. The molecule has 0 spiro atoms. The van der Waals surface area contributed by atoms with Crippen LogP contribution >= 0.6 is 11.8 Å². The molecule has 0 radical (unpaired) electrons. The Morgan fingerprint density at radius 2 is 1.97 bits per heavy atom. The van der Waals surface area contributed by atoms with E-state index in [-0.39, 0.29) is 23.2 Å². The number of hydrogen-bond donors (Lipinski definition) is 2. The number of rotatable bonds is 5. The second-order valence-corrected chi connectivity index (χ2v) is 8.95. The number of sulfonamides is 1. The van der Waals surface area contributed by atoms with Gasteiger partial charge in [0.2, 0.25) is 5.91 Å². The Labute approximate surface area is 172 Å². The number of amides is 1. The second kappa shape index (κ2) is 7.72. The number of nitrogens with zero attached hydrogens (tertiary/aromatic N) is 3. The second-order valence-electron chi connectivity index (χ2n) is 6.26. The Hall–Kier alpha value is -3.11. The molecule has 2 N–H and O–H groups in total. The molecule has 8 nitrogen and oxygen atoms in total. The van der Waals surface area contributed by atoms with E-state index in [4.69, 9.17) is 0 Å². The van der Waals surface area contributed by atoms with Crippen LogP contribution in [0.4, 0.5) is 5.69 Å². The van der Waals surface area contributed by atoms with Crippen molar-refractivity contribution in [1.29, 1.82) is 0 Å². The summed E-state index contributed by atoms with van der Waals surface area (Å²) in [6, 6.07) is 13.9. The van der Waals surface area contributed by atoms with Gasteiger partial charge in [0, 0.05) is 35.6 Å². The van der Waals surface area contributed by atoms with Gasteiger partial charge in [0.05, 0.1) is 4.90 Å². The zero-order valence-electron chi connectivity index (χ0n) is 15.4. The predicted molar refractivity (Wildman–Crippen MR) is 111 cm³/mol. The Balaban J connectivity index is 1.39. The van der Waals surface area contributed by atoms with Gasteiger partial charge < -0.3 is 9.88 Å². The van der Waals surface area contributed by atoms with Gasteiger partial charge in [-0.05, 0) is 36.4 Å². The van der Waals surface area contributed by atoms with Crippen molar-refractivity contribution < 1.29 is 13.2 Å². The number of benzene rings is 2. The van der Waals surface area contributed by atoms with Crippen LogP contribution in [0.5, 0.6) is 0 Å². The standard InChI is InChI=1S/C19H17N5O3S2/c1-24-11-10-20-19(24)28-14-8-6-13(7-9-14)22-17(25)12-21-18-15-4-2-3-5-16(15)29(26,27)23-18/h2-11H,12H2,1H3,(H,21,23)(H,22,25). The van der Waals surface area contributed by atoms with Crippen molar-refractivity contribution in [2.24, 2.45) is 12.0 Å². The van der Waals surface area contributed by atoms with Crippen molar-refractivity contribution in [2.45, 2.75) is 14.9 Å². The number of amidine groups is 1. The van der Waals surface area contributed by atoms with Crippen molar-refractivity contribution in [3.8, 4) is 0 Å². The average Bonchev–Trinajstić information content (AvgIpc) is 3.22. The van der Waals surface area contributed by atoms with Crippen LogP contribution in [0, 0.1) is 0 Å². The van der Waals surface area contributed by atoms with Crippen molar-refractivity contribution in [3.63, 3.8) is 0 Å². The van der Waals surface area contributed by atoms with Crippen molar-refractivity contribution in [1.82, 2.24) is 14.3 Å².